The Morgan fingerprint density at radius 3 is 1.29 bits per heavy atom. The minimum atomic E-state index is -1.30. The van der Waals surface area contributed by atoms with E-state index in [-0.39, 0.29) is 37.7 Å². The monoisotopic (exact) mass is 350 g/mol. The molecule has 0 aromatic carbocycles. The molecule has 0 aliphatic rings. The van der Waals surface area contributed by atoms with Crippen molar-refractivity contribution < 1.29 is 37.7 Å². The minimum absolute atomic E-state index is 0. The van der Waals surface area contributed by atoms with Gasteiger partial charge in [-0.25, -0.2) is 0 Å². The van der Waals surface area contributed by atoms with E-state index in [9.17, 15) is 0 Å². The summed E-state index contributed by atoms with van der Waals surface area (Å²) in [5, 5.41) is 0. The third-order valence-corrected chi connectivity index (χ3v) is 5.58. The molecule has 4 heteroatoms. The fourth-order valence-corrected chi connectivity index (χ4v) is 4.93. The van der Waals surface area contributed by atoms with Gasteiger partial charge in [-0.05, 0) is 16.1 Å². The fraction of sp³-hybridized carbons (Fsp3) is 0.800. The maximum absolute atomic E-state index is 3.94. The van der Waals surface area contributed by atoms with E-state index in [0.29, 0.717) is 0 Å². The van der Waals surface area contributed by atoms with Crippen LogP contribution < -0.4 is 37.7 Å². The predicted octanol–water partition coefficient (Wildman–Crippen LogP) is 1.37. The molecule has 0 amide bonds. The van der Waals surface area contributed by atoms with Crippen LogP contribution in [0.4, 0.5) is 0 Å². The van der Waals surface area contributed by atoms with E-state index in [1.54, 1.807) is 0 Å². The maximum Gasteiger partial charge on any atom is 1.00 e. The summed E-state index contributed by atoms with van der Waals surface area (Å²) < 4.78 is 0. The van der Waals surface area contributed by atoms with E-state index in [1.807, 2.05) is 0 Å². The molecule has 130 valence electrons. The van der Waals surface area contributed by atoms with Gasteiger partial charge < -0.3 is 22.5 Å². The zero-order valence-corrected chi connectivity index (χ0v) is 20.7. The summed E-state index contributed by atoms with van der Waals surface area (Å²) in [6.07, 6.45) is 10.4. The number of allylic oxidation sites excluding steroid dienone is 2. The second-order valence-electron chi connectivity index (χ2n) is 8.62. The van der Waals surface area contributed by atoms with Crippen molar-refractivity contribution in [3.63, 3.8) is 0 Å². The van der Waals surface area contributed by atoms with Crippen molar-refractivity contribution >= 4 is 16.1 Å². The van der Waals surface area contributed by atoms with Gasteiger partial charge in [0.2, 0.25) is 0 Å². The van der Waals surface area contributed by atoms with Gasteiger partial charge >= 0.3 is 37.7 Å². The molecule has 24 heavy (non-hydrogen) atoms. The molecule has 0 bridgehead atoms. The van der Waals surface area contributed by atoms with E-state index in [1.165, 1.54) is 62.5 Å². The number of hydrogen-bond donors (Lipinski definition) is 0. The second kappa shape index (κ2) is 15.2. The van der Waals surface area contributed by atoms with Gasteiger partial charge in [0.25, 0.3) is 0 Å². The first kappa shape index (κ1) is 29.9. The average molecular weight is 351 g/mol. The Bertz CT molecular complexity index is 361. The van der Waals surface area contributed by atoms with Gasteiger partial charge in [0.1, 0.15) is 0 Å². The summed E-state index contributed by atoms with van der Waals surface area (Å²) in [7, 11) is -2.59. The molecule has 0 aliphatic carbocycles. The van der Waals surface area contributed by atoms with Crippen LogP contribution in [0.25, 0.3) is 0 Å². The first-order valence-electron chi connectivity index (χ1n) is 9.37. The van der Waals surface area contributed by atoms with Crippen LogP contribution in [0.3, 0.4) is 0 Å². The average Bonchev–Trinajstić information content (AvgIpc) is 2.35. The van der Waals surface area contributed by atoms with E-state index >= 15 is 0 Å². The Morgan fingerprint density at radius 2 is 0.958 bits per heavy atom. The van der Waals surface area contributed by atoms with Crippen molar-refractivity contribution in [1.29, 1.82) is 0 Å². The SMILES string of the molecule is CCCCCCC(=[C-][Si](C)(C)C)C(=[C-][Si](C)(C)C)CCCC.[Li+].[Li+]. The van der Waals surface area contributed by atoms with Gasteiger partial charge in [0, 0.05) is 0 Å². The molecule has 0 atom stereocenters. The number of rotatable bonds is 11. The van der Waals surface area contributed by atoms with Crippen molar-refractivity contribution in [2.24, 2.45) is 0 Å². The number of hydrogen-bond acceptors (Lipinski definition) is 0. The largest absolute Gasteiger partial charge is 1.00 e. The van der Waals surface area contributed by atoms with Crippen LogP contribution >= 0.6 is 0 Å². The van der Waals surface area contributed by atoms with Crippen LogP contribution in [0.15, 0.2) is 11.1 Å². The molecule has 0 nitrogen and oxygen atoms in total. The fourth-order valence-electron chi connectivity index (χ4n) is 2.57. The molecule has 0 radical (unpaired) electrons. The molecule has 0 rings (SSSR count). The van der Waals surface area contributed by atoms with Gasteiger partial charge in [-0.2, -0.15) is 0 Å². The summed E-state index contributed by atoms with van der Waals surface area (Å²) in [6.45, 7) is 19.0. The molecular weight excluding hydrogens is 310 g/mol. The molecule has 0 fully saturated rings. The topological polar surface area (TPSA) is 0 Å². The minimum Gasteiger partial charge on any atom is -0.377 e. The third-order valence-electron chi connectivity index (χ3n) is 3.48. The van der Waals surface area contributed by atoms with Gasteiger partial charge in [-0.1, -0.05) is 91.7 Å². The van der Waals surface area contributed by atoms with E-state index in [0.717, 1.165) is 0 Å². The smallest absolute Gasteiger partial charge is 0.377 e. The number of unbranched alkanes of at least 4 members (excludes halogenated alkanes) is 4. The first-order chi connectivity index (χ1) is 10.1. The molecule has 0 spiro atoms. The normalized spacial score (nSPS) is 13.3. The molecule has 0 heterocycles. The van der Waals surface area contributed by atoms with Gasteiger partial charge in [-0.3, -0.25) is 0 Å². The molecule has 0 unspecified atom stereocenters. The summed E-state index contributed by atoms with van der Waals surface area (Å²) >= 11 is 0. The Hall–Kier alpha value is 1.11. The van der Waals surface area contributed by atoms with Crippen LogP contribution in [0.5, 0.6) is 0 Å². The Balaban J connectivity index is -0.00000220. The first-order valence-corrected chi connectivity index (χ1v) is 16.4. The molecule has 0 aromatic rings. The van der Waals surface area contributed by atoms with E-state index in [4.69, 9.17) is 0 Å². The quantitative estimate of drug-likeness (QED) is 0.228. The van der Waals surface area contributed by atoms with E-state index in [2.05, 4.69) is 64.5 Å². The van der Waals surface area contributed by atoms with Crippen molar-refractivity contribution in [3.05, 3.63) is 22.5 Å². The van der Waals surface area contributed by atoms with Crippen LogP contribution in [0.2, 0.25) is 39.3 Å². The van der Waals surface area contributed by atoms with Crippen LogP contribution in [0, 0.1) is 11.4 Å². The molecule has 0 saturated carbocycles. The summed E-state index contributed by atoms with van der Waals surface area (Å²) in [4.78, 5) is 0. The summed E-state index contributed by atoms with van der Waals surface area (Å²) in [5.74, 6) is 0. The van der Waals surface area contributed by atoms with E-state index < -0.39 is 16.1 Å². The Kier molecular flexibility index (Phi) is 18.9. The van der Waals surface area contributed by atoms with Crippen molar-refractivity contribution in [2.75, 3.05) is 0 Å². The molecule has 0 aromatic heterocycles. The maximum atomic E-state index is 3.94. The zero-order valence-electron chi connectivity index (χ0n) is 18.7. The molecular formula is C20H40Li2Si2. The summed E-state index contributed by atoms with van der Waals surface area (Å²) in [5.41, 5.74) is 10.9. The summed E-state index contributed by atoms with van der Waals surface area (Å²) in [6, 6.07) is 0. The van der Waals surface area contributed by atoms with Crippen molar-refractivity contribution in [2.45, 2.75) is 104 Å². The van der Waals surface area contributed by atoms with Crippen LogP contribution in [0.1, 0.15) is 65.2 Å². The molecule has 0 aliphatic heterocycles. The molecule has 0 N–H and O–H groups in total. The molecule has 0 saturated heterocycles. The van der Waals surface area contributed by atoms with Gasteiger partial charge in [-0.15, -0.1) is 12.8 Å². The zero-order chi connectivity index (χ0) is 17.2. The third kappa shape index (κ3) is 17.9. The van der Waals surface area contributed by atoms with Gasteiger partial charge in [0.05, 0.1) is 0 Å². The van der Waals surface area contributed by atoms with Crippen molar-refractivity contribution in [1.82, 2.24) is 0 Å². The van der Waals surface area contributed by atoms with Crippen LogP contribution in [-0.2, 0) is 0 Å². The standard InChI is InChI=1S/C20H40Si2.2Li/c1-9-11-13-14-16-20(18-22(6,7)8)19(15-12-10-2)17-21(3,4)5;;/h9-16H2,1-8H3;;/q-2;2*+1. The Labute approximate surface area is 180 Å². The predicted molar refractivity (Wildman–Crippen MR) is 108 cm³/mol. The van der Waals surface area contributed by atoms with Crippen LogP contribution in [-0.4, -0.2) is 16.1 Å². The Morgan fingerprint density at radius 1 is 0.583 bits per heavy atom. The van der Waals surface area contributed by atoms with Gasteiger partial charge in [0.15, 0.2) is 0 Å². The van der Waals surface area contributed by atoms with Crippen molar-refractivity contribution in [3.8, 4) is 0 Å². The second-order valence-corrected chi connectivity index (χ2v) is 18.1.